The fraction of sp³-hybridized carbons (Fsp3) is 0.857. The van der Waals surface area contributed by atoms with Crippen molar-refractivity contribution in [3.63, 3.8) is 0 Å². The van der Waals surface area contributed by atoms with Gasteiger partial charge in [-0.25, -0.2) is 0 Å². The summed E-state index contributed by atoms with van der Waals surface area (Å²) in [5, 5.41) is 2.98. The molecule has 0 aromatic heterocycles. The molecule has 1 atom stereocenters. The van der Waals surface area contributed by atoms with E-state index < -0.39 is 0 Å². The second-order valence-electron chi connectivity index (χ2n) is 5.27. The number of nitrogens with one attached hydrogen (secondary N) is 1. The van der Waals surface area contributed by atoms with Crippen molar-refractivity contribution in [3.05, 3.63) is 0 Å². The van der Waals surface area contributed by atoms with Crippen molar-refractivity contribution in [1.82, 2.24) is 10.2 Å². The van der Waals surface area contributed by atoms with Crippen molar-refractivity contribution in [1.29, 1.82) is 0 Å². The van der Waals surface area contributed by atoms with Crippen LogP contribution in [-0.4, -0.2) is 41.9 Å². The molecule has 1 aliphatic heterocycles. The molecular weight excluding hydrogens is 242 g/mol. The Morgan fingerprint density at radius 3 is 2.47 bits per heavy atom. The van der Waals surface area contributed by atoms with Crippen LogP contribution in [0.3, 0.4) is 0 Å². The highest BCUT2D eigenvalue weighted by Crippen LogP contribution is 2.13. The minimum Gasteiger partial charge on any atom is -0.353 e. The zero-order valence-electron chi connectivity index (χ0n) is 12.2. The van der Waals surface area contributed by atoms with Crippen LogP contribution in [0.15, 0.2) is 0 Å². The highest BCUT2D eigenvalue weighted by atomic mass is 16.2. The lowest BCUT2D eigenvalue weighted by Crippen LogP contribution is -2.50. The molecule has 0 aromatic rings. The predicted octanol–water partition coefficient (Wildman–Crippen LogP) is 1.02. The van der Waals surface area contributed by atoms with Gasteiger partial charge in [-0.3, -0.25) is 9.59 Å². The Labute approximate surface area is 115 Å². The third-order valence-electron chi connectivity index (χ3n) is 3.68. The van der Waals surface area contributed by atoms with Crippen LogP contribution in [0.25, 0.3) is 0 Å². The standard InChI is InChI=1S/C14H27N3O2/c1-3-5-6-12(15)14(19)17-9-7-11(8-10-17)16-13(18)4-2/h11-12H,3-10,15H2,1-2H3,(H,16,18)/t12-/m0/s1. The van der Waals surface area contributed by atoms with Gasteiger partial charge in [0.05, 0.1) is 6.04 Å². The van der Waals surface area contributed by atoms with Crippen LogP contribution in [0.5, 0.6) is 0 Å². The van der Waals surface area contributed by atoms with E-state index in [2.05, 4.69) is 12.2 Å². The summed E-state index contributed by atoms with van der Waals surface area (Å²) in [6, 6.07) is -0.148. The van der Waals surface area contributed by atoms with E-state index in [4.69, 9.17) is 5.73 Å². The molecule has 0 radical (unpaired) electrons. The first-order valence-corrected chi connectivity index (χ1v) is 7.42. The van der Waals surface area contributed by atoms with Crippen LogP contribution in [0.2, 0.25) is 0 Å². The largest absolute Gasteiger partial charge is 0.353 e. The van der Waals surface area contributed by atoms with Gasteiger partial charge in [-0.05, 0) is 19.3 Å². The topological polar surface area (TPSA) is 75.4 Å². The van der Waals surface area contributed by atoms with Gasteiger partial charge in [0.25, 0.3) is 0 Å². The maximum Gasteiger partial charge on any atom is 0.239 e. The predicted molar refractivity (Wildman–Crippen MR) is 75.5 cm³/mol. The van der Waals surface area contributed by atoms with Crippen LogP contribution in [0.4, 0.5) is 0 Å². The maximum absolute atomic E-state index is 12.1. The number of piperidine rings is 1. The van der Waals surface area contributed by atoms with Gasteiger partial charge in [-0.2, -0.15) is 0 Å². The second kappa shape index (κ2) is 8.15. The van der Waals surface area contributed by atoms with E-state index in [9.17, 15) is 9.59 Å². The van der Waals surface area contributed by atoms with E-state index in [1.54, 1.807) is 0 Å². The summed E-state index contributed by atoms with van der Waals surface area (Å²) < 4.78 is 0. The van der Waals surface area contributed by atoms with Crippen LogP contribution in [-0.2, 0) is 9.59 Å². The Bertz CT molecular complexity index is 299. The molecule has 5 nitrogen and oxygen atoms in total. The smallest absolute Gasteiger partial charge is 0.239 e. The first-order chi connectivity index (χ1) is 9.08. The summed E-state index contributed by atoms with van der Waals surface area (Å²) in [6.07, 6.45) is 5.00. The third-order valence-corrected chi connectivity index (χ3v) is 3.68. The quantitative estimate of drug-likeness (QED) is 0.756. The van der Waals surface area contributed by atoms with E-state index in [0.717, 1.165) is 32.1 Å². The molecule has 3 N–H and O–H groups in total. The highest BCUT2D eigenvalue weighted by molar-refractivity contribution is 5.81. The molecule has 1 saturated heterocycles. The lowest BCUT2D eigenvalue weighted by atomic mass is 10.0. The number of likely N-dealkylation sites (tertiary alicyclic amines) is 1. The molecule has 110 valence electrons. The Balaban J connectivity index is 2.32. The number of hydrogen-bond donors (Lipinski definition) is 2. The van der Waals surface area contributed by atoms with Gasteiger partial charge in [-0.1, -0.05) is 26.7 Å². The maximum atomic E-state index is 12.1. The molecule has 0 spiro atoms. The Morgan fingerprint density at radius 2 is 1.95 bits per heavy atom. The summed E-state index contributed by atoms with van der Waals surface area (Å²) in [7, 11) is 0. The minimum absolute atomic E-state index is 0.0636. The molecule has 0 unspecified atom stereocenters. The Hall–Kier alpha value is -1.10. The molecule has 1 rings (SSSR count). The monoisotopic (exact) mass is 269 g/mol. The first-order valence-electron chi connectivity index (χ1n) is 7.42. The van der Waals surface area contributed by atoms with Crippen molar-refractivity contribution in [2.45, 2.75) is 64.5 Å². The average Bonchev–Trinajstić information content (AvgIpc) is 2.44. The molecule has 19 heavy (non-hydrogen) atoms. The molecular formula is C14H27N3O2. The molecule has 1 heterocycles. The van der Waals surface area contributed by atoms with Crippen LogP contribution < -0.4 is 11.1 Å². The van der Waals surface area contributed by atoms with Crippen molar-refractivity contribution in [3.8, 4) is 0 Å². The molecule has 1 aliphatic rings. The van der Waals surface area contributed by atoms with E-state index in [1.807, 2.05) is 11.8 Å². The van der Waals surface area contributed by atoms with Gasteiger partial charge < -0.3 is 16.0 Å². The molecule has 2 amide bonds. The fourth-order valence-electron chi connectivity index (χ4n) is 2.36. The number of hydrogen-bond acceptors (Lipinski definition) is 3. The summed E-state index contributed by atoms with van der Waals surface area (Å²) >= 11 is 0. The number of nitrogens with zero attached hydrogens (tertiary/aromatic N) is 1. The van der Waals surface area contributed by atoms with Gasteiger partial charge in [0.2, 0.25) is 11.8 Å². The van der Waals surface area contributed by atoms with E-state index >= 15 is 0 Å². The molecule has 0 bridgehead atoms. The minimum atomic E-state index is -0.360. The van der Waals surface area contributed by atoms with E-state index in [0.29, 0.717) is 19.5 Å². The number of unbranched alkanes of at least 4 members (excludes halogenated alkanes) is 1. The van der Waals surface area contributed by atoms with E-state index in [1.165, 1.54) is 0 Å². The van der Waals surface area contributed by atoms with Gasteiger partial charge in [0.15, 0.2) is 0 Å². The second-order valence-corrected chi connectivity index (χ2v) is 5.27. The Kier molecular flexibility index (Phi) is 6.84. The van der Waals surface area contributed by atoms with Crippen molar-refractivity contribution in [2.75, 3.05) is 13.1 Å². The summed E-state index contributed by atoms with van der Waals surface area (Å²) in [5.74, 6) is 0.151. The van der Waals surface area contributed by atoms with Gasteiger partial charge in [-0.15, -0.1) is 0 Å². The highest BCUT2D eigenvalue weighted by Gasteiger charge is 2.26. The summed E-state index contributed by atoms with van der Waals surface area (Å²) in [4.78, 5) is 25.3. The molecule has 1 fully saturated rings. The lowest BCUT2D eigenvalue weighted by molar-refractivity contribution is -0.134. The first kappa shape index (κ1) is 16.0. The van der Waals surface area contributed by atoms with Crippen LogP contribution in [0.1, 0.15) is 52.4 Å². The summed E-state index contributed by atoms with van der Waals surface area (Å²) in [5.41, 5.74) is 5.91. The number of nitrogens with two attached hydrogens (primary N) is 1. The van der Waals surface area contributed by atoms with Gasteiger partial charge >= 0.3 is 0 Å². The van der Waals surface area contributed by atoms with Crippen molar-refractivity contribution < 1.29 is 9.59 Å². The average molecular weight is 269 g/mol. The number of amides is 2. The zero-order valence-corrected chi connectivity index (χ0v) is 12.2. The summed E-state index contributed by atoms with van der Waals surface area (Å²) in [6.45, 7) is 5.35. The van der Waals surface area contributed by atoms with Gasteiger partial charge in [0.1, 0.15) is 0 Å². The van der Waals surface area contributed by atoms with Crippen molar-refractivity contribution in [2.24, 2.45) is 5.73 Å². The van der Waals surface area contributed by atoms with E-state index in [-0.39, 0.29) is 23.9 Å². The number of carbonyl (C=O) groups excluding carboxylic acids is 2. The van der Waals surface area contributed by atoms with Crippen LogP contribution in [0, 0.1) is 0 Å². The molecule has 0 aliphatic carbocycles. The fourth-order valence-corrected chi connectivity index (χ4v) is 2.36. The zero-order chi connectivity index (χ0) is 14.3. The van der Waals surface area contributed by atoms with Gasteiger partial charge in [0, 0.05) is 25.6 Å². The Morgan fingerprint density at radius 1 is 1.32 bits per heavy atom. The SMILES string of the molecule is CCCC[C@H](N)C(=O)N1CCC(NC(=O)CC)CC1. The normalized spacial score (nSPS) is 18.2. The lowest BCUT2D eigenvalue weighted by Gasteiger charge is -2.33. The molecule has 0 saturated carbocycles. The van der Waals surface area contributed by atoms with Crippen LogP contribution >= 0.6 is 0 Å². The third kappa shape index (κ3) is 5.19. The van der Waals surface area contributed by atoms with Crippen molar-refractivity contribution >= 4 is 11.8 Å². The number of rotatable bonds is 6. The molecule has 0 aromatic carbocycles. The molecule has 5 heteroatoms. The number of carbonyl (C=O) groups is 2.